The SMILES string of the molecule is CCO[Si](C)(C)CCCNC(=O)NCCN(CCN(CCC[Si](C)(C)OC)C(=O)NCCC[Si](C)(C)OCC)C(=O)NCCC[Si](C)(C)OCC. The predicted molar refractivity (Wildman–Crippen MR) is 221 cm³/mol. The second kappa shape index (κ2) is 26.3. The molecule has 0 rings (SSSR count). The fourth-order valence-electron chi connectivity index (χ4n) is 5.78. The maximum absolute atomic E-state index is 13.5. The lowest BCUT2D eigenvalue weighted by molar-refractivity contribution is 0.174. The molecule has 0 bridgehead atoms. The number of carbonyl (C=O) groups excluding carboxylic acids is 3. The summed E-state index contributed by atoms with van der Waals surface area (Å²) in [6, 6.07) is 3.24. The minimum atomic E-state index is -1.79. The van der Waals surface area contributed by atoms with Gasteiger partial charge < -0.3 is 48.8 Å². The molecule has 4 N–H and O–H groups in total. The zero-order chi connectivity index (χ0) is 39.0. The average Bonchev–Trinajstić information content (AvgIpc) is 3.03. The number of hydrogen-bond donors (Lipinski definition) is 4. The zero-order valence-electron chi connectivity index (χ0n) is 34.7. The van der Waals surface area contributed by atoms with Crippen molar-refractivity contribution in [3.8, 4) is 0 Å². The Hall–Kier alpha value is -1.48. The quantitative estimate of drug-likeness (QED) is 0.0504. The van der Waals surface area contributed by atoms with E-state index in [1.165, 1.54) is 0 Å². The van der Waals surface area contributed by atoms with Gasteiger partial charge in [0.25, 0.3) is 0 Å². The van der Waals surface area contributed by atoms with E-state index in [4.69, 9.17) is 17.7 Å². The Morgan fingerprint density at radius 2 is 0.824 bits per heavy atom. The third-order valence-corrected chi connectivity index (χ3v) is 19.5. The molecule has 0 aromatic heterocycles. The van der Waals surface area contributed by atoms with E-state index in [-0.39, 0.29) is 18.1 Å². The maximum Gasteiger partial charge on any atom is 0.317 e. The molecule has 0 unspecified atom stereocenters. The van der Waals surface area contributed by atoms with Gasteiger partial charge in [-0.05, 0) is 123 Å². The highest BCUT2D eigenvalue weighted by molar-refractivity contribution is 6.72. The number of rotatable bonds is 29. The first-order valence-corrected chi connectivity index (χ1v) is 31.8. The maximum atomic E-state index is 13.5. The second-order valence-corrected chi connectivity index (χ2v) is 32.9. The van der Waals surface area contributed by atoms with Gasteiger partial charge in [-0.25, -0.2) is 14.4 Å². The molecular formula is C34H78N6O7Si4. The second-order valence-electron chi connectivity index (χ2n) is 15.6. The smallest absolute Gasteiger partial charge is 0.317 e. The number of hydrogen-bond acceptors (Lipinski definition) is 7. The molecule has 0 aromatic rings. The van der Waals surface area contributed by atoms with Crippen molar-refractivity contribution in [2.75, 3.05) is 79.3 Å². The van der Waals surface area contributed by atoms with Gasteiger partial charge in [-0.1, -0.05) is 0 Å². The van der Waals surface area contributed by atoms with Crippen molar-refractivity contribution >= 4 is 51.4 Å². The number of amides is 6. The third-order valence-electron chi connectivity index (χ3n) is 8.95. The Bertz CT molecular complexity index is 979. The van der Waals surface area contributed by atoms with Gasteiger partial charge in [0.05, 0.1) is 0 Å². The molecule has 0 atom stereocenters. The predicted octanol–water partition coefficient (Wildman–Crippen LogP) is 6.45. The molecule has 0 spiro atoms. The summed E-state index contributed by atoms with van der Waals surface area (Å²) in [5, 5.41) is 12.0. The Kier molecular flexibility index (Phi) is 25.6. The van der Waals surface area contributed by atoms with Crippen LogP contribution in [0.15, 0.2) is 0 Å². The summed E-state index contributed by atoms with van der Waals surface area (Å²) in [6.07, 6.45) is 3.37. The van der Waals surface area contributed by atoms with Crippen LogP contribution in [0.25, 0.3) is 0 Å². The molecule has 0 aromatic carbocycles. The minimum absolute atomic E-state index is 0.126. The van der Waals surface area contributed by atoms with Crippen LogP contribution in [0.2, 0.25) is 76.6 Å². The van der Waals surface area contributed by atoms with E-state index in [1.54, 1.807) is 12.0 Å². The van der Waals surface area contributed by atoms with E-state index < -0.39 is 33.3 Å². The molecular weight excluding hydrogens is 717 g/mol. The zero-order valence-corrected chi connectivity index (χ0v) is 38.7. The molecule has 302 valence electrons. The molecule has 0 aliphatic rings. The summed E-state index contributed by atoms with van der Waals surface area (Å²) in [5.74, 6) is 0. The molecule has 0 saturated carbocycles. The van der Waals surface area contributed by atoms with E-state index in [0.717, 1.165) is 56.5 Å². The van der Waals surface area contributed by atoms with E-state index >= 15 is 0 Å². The summed E-state index contributed by atoms with van der Waals surface area (Å²) >= 11 is 0. The standard InChI is InChI=1S/C34H78N6O7Si4/c1-13-45-49(7,8)28-16-20-35-32(41)36-23-25-40(34(43)38-22-18-30-51(11,12)47-15-3)27-26-39(24-19-31-48(5,6)44-4)33(42)37-21-17-29-50(9,10)46-14-2/h13-31H2,1-12H3,(H,37,42)(H,38,43)(H2,35,36,41). The van der Waals surface area contributed by atoms with E-state index in [1.807, 2.05) is 25.7 Å². The van der Waals surface area contributed by atoms with Gasteiger partial charge in [0.15, 0.2) is 33.3 Å². The van der Waals surface area contributed by atoms with Gasteiger partial charge in [0.1, 0.15) is 0 Å². The van der Waals surface area contributed by atoms with Crippen LogP contribution < -0.4 is 21.3 Å². The summed E-state index contributed by atoms with van der Waals surface area (Å²) in [5.41, 5.74) is 0. The van der Waals surface area contributed by atoms with Crippen molar-refractivity contribution < 1.29 is 32.1 Å². The minimum Gasteiger partial charge on any atom is -0.420 e. The molecule has 0 aliphatic carbocycles. The third kappa shape index (κ3) is 26.0. The highest BCUT2D eigenvalue weighted by Gasteiger charge is 2.25. The summed E-state index contributed by atoms with van der Waals surface area (Å²) in [7, 11) is -5.20. The Morgan fingerprint density at radius 1 is 0.471 bits per heavy atom. The lowest BCUT2D eigenvalue weighted by Gasteiger charge is -2.30. The number of carbonyl (C=O) groups is 3. The van der Waals surface area contributed by atoms with Crippen molar-refractivity contribution in [3.63, 3.8) is 0 Å². The van der Waals surface area contributed by atoms with Crippen molar-refractivity contribution in [1.29, 1.82) is 0 Å². The van der Waals surface area contributed by atoms with Gasteiger partial charge in [0.2, 0.25) is 0 Å². The molecule has 0 fully saturated rings. The first kappa shape index (κ1) is 49.5. The van der Waals surface area contributed by atoms with Crippen LogP contribution >= 0.6 is 0 Å². The monoisotopic (exact) mass is 795 g/mol. The molecule has 13 nitrogen and oxygen atoms in total. The van der Waals surface area contributed by atoms with Crippen LogP contribution in [-0.2, 0) is 17.7 Å². The average molecular weight is 795 g/mol. The van der Waals surface area contributed by atoms with Crippen molar-refractivity contribution in [3.05, 3.63) is 0 Å². The van der Waals surface area contributed by atoms with E-state index in [2.05, 4.69) is 73.6 Å². The van der Waals surface area contributed by atoms with Gasteiger partial charge in [-0.15, -0.1) is 0 Å². The van der Waals surface area contributed by atoms with Crippen LogP contribution in [0.1, 0.15) is 46.5 Å². The van der Waals surface area contributed by atoms with Gasteiger partial charge in [-0.3, -0.25) is 0 Å². The van der Waals surface area contributed by atoms with Crippen LogP contribution in [0.4, 0.5) is 14.4 Å². The topological polar surface area (TPSA) is 143 Å². The lowest BCUT2D eigenvalue weighted by atomic mass is 10.3. The Labute approximate surface area is 315 Å². The Morgan fingerprint density at radius 3 is 1.22 bits per heavy atom. The van der Waals surface area contributed by atoms with Gasteiger partial charge in [0, 0.05) is 79.3 Å². The summed E-state index contributed by atoms with van der Waals surface area (Å²) in [6.45, 7) is 29.3. The number of urea groups is 3. The number of nitrogens with zero attached hydrogens (tertiary/aromatic N) is 2. The molecule has 0 heterocycles. The molecule has 0 aliphatic heterocycles. The van der Waals surface area contributed by atoms with Gasteiger partial charge >= 0.3 is 18.1 Å². The summed E-state index contributed by atoms with van der Waals surface area (Å²) < 4.78 is 23.5. The molecule has 6 amide bonds. The molecule has 51 heavy (non-hydrogen) atoms. The fourth-order valence-corrected chi connectivity index (χ4v) is 12.9. The van der Waals surface area contributed by atoms with E-state index in [0.29, 0.717) is 65.6 Å². The van der Waals surface area contributed by atoms with Crippen molar-refractivity contribution in [2.45, 2.75) is 123 Å². The highest BCUT2D eigenvalue weighted by atomic mass is 28.4. The molecule has 0 radical (unpaired) electrons. The first-order chi connectivity index (χ1) is 23.8. The van der Waals surface area contributed by atoms with Crippen molar-refractivity contribution in [2.24, 2.45) is 0 Å². The summed E-state index contributed by atoms with van der Waals surface area (Å²) in [4.78, 5) is 43.0. The molecule has 17 heteroatoms. The van der Waals surface area contributed by atoms with Crippen LogP contribution in [0, 0.1) is 0 Å². The van der Waals surface area contributed by atoms with Crippen LogP contribution in [0.5, 0.6) is 0 Å². The lowest BCUT2D eigenvalue weighted by Crippen LogP contribution is -2.50. The normalized spacial score (nSPS) is 12.4. The van der Waals surface area contributed by atoms with Crippen molar-refractivity contribution in [1.82, 2.24) is 31.1 Å². The van der Waals surface area contributed by atoms with Crippen LogP contribution in [0.3, 0.4) is 0 Å². The number of nitrogens with one attached hydrogen (secondary N) is 4. The van der Waals surface area contributed by atoms with Gasteiger partial charge in [-0.2, -0.15) is 0 Å². The fraction of sp³-hybridized carbons (Fsp3) is 0.912. The first-order valence-electron chi connectivity index (χ1n) is 19.4. The Balaban J connectivity index is 5.45. The molecule has 0 saturated heterocycles. The highest BCUT2D eigenvalue weighted by Crippen LogP contribution is 2.16. The van der Waals surface area contributed by atoms with E-state index in [9.17, 15) is 14.4 Å². The largest absolute Gasteiger partial charge is 0.420 e. The van der Waals surface area contributed by atoms with Crippen LogP contribution in [-0.4, -0.2) is 140 Å².